The molecule has 1 aliphatic heterocycles. The molecule has 0 saturated carbocycles. The van der Waals surface area contributed by atoms with E-state index >= 15 is 0 Å². The van der Waals surface area contributed by atoms with E-state index in [2.05, 4.69) is 4.99 Å². The lowest BCUT2D eigenvalue weighted by molar-refractivity contribution is -0.384. The first-order valence-corrected chi connectivity index (χ1v) is 10.3. The minimum atomic E-state index is -0.691. The second-order valence-corrected chi connectivity index (χ2v) is 7.28. The first-order chi connectivity index (χ1) is 14.9. The van der Waals surface area contributed by atoms with E-state index in [4.69, 9.17) is 9.47 Å². The van der Waals surface area contributed by atoms with Crippen molar-refractivity contribution in [2.24, 2.45) is 4.99 Å². The number of carbonyl (C=O) groups is 1. The molecule has 0 aromatic heterocycles. The fourth-order valence-corrected chi connectivity index (χ4v) is 3.77. The minimum absolute atomic E-state index is 0.0395. The van der Waals surface area contributed by atoms with Crippen molar-refractivity contribution in [3.8, 4) is 5.75 Å². The van der Waals surface area contributed by atoms with E-state index in [1.165, 1.54) is 24.3 Å². The number of ether oxygens (including phenoxy) is 2. The van der Waals surface area contributed by atoms with Crippen LogP contribution in [0.4, 0.5) is 11.4 Å². The Kier molecular flexibility index (Phi) is 7.09. The number of benzene rings is 2. The van der Waals surface area contributed by atoms with Crippen molar-refractivity contribution < 1.29 is 24.3 Å². The van der Waals surface area contributed by atoms with E-state index in [1.54, 1.807) is 13.0 Å². The summed E-state index contributed by atoms with van der Waals surface area (Å²) in [6.07, 6.45) is 1.73. The molecule has 0 fully saturated rings. The lowest BCUT2D eigenvalue weighted by Crippen LogP contribution is -2.12. The summed E-state index contributed by atoms with van der Waals surface area (Å²) >= 11 is 1.12. The van der Waals surface area contributed by atoms with Crippen LogP contribution in [-0.4, -0.2) is 34.3 Å². The molecule has 2 aromatic carbocycles. The number of nitro groups is 1. The van der Waals surface area contributed by atoms with Gasteiger partial charge in [-0.3, -0.25) is 10.1 Å². The number of aliphatic imine (C=N–C) groups is 1. The smallest absolute Gasteiger partial charge is 0.344 e. The number of hydrogen-bond donors (Lipinski definition) is 1. The van der Waals surface area contributed by atoms with Crippen molar-refractivity contribution in [1.82, 2.24) is 0 Å². The number of nitrogens with zero attached hydrogens (tertiary/aromatic N) is 2. The maximum absolute atomic E-state index is 12.4. The highest BCUT2D eigenvalue weighted by Gasteiger charge is 2.33. The number of hydrogen-bond acceptors (Lipinski definition) is 8. The van der Waals surface area contributed by atoms with Gasteiger partial charge in [-0.15, -0.1) is 0 Å². The number of carbonyl (C=O) groups excluding carboxylic acids is 1. The molecule has 3 rings (SSSR count). The van der Waals surface area contributed by atoms with Crippen LogP contribution < -0.4 is 4.74 Å². The van der Waals surface area contributed by atoms with Crippen LogP contribution in [0.3, 0.4) is 0 Å². The third kappa shape index (κ3) is 5.32. The van der Waals surface area contributed by atoms with Gasteiger partial charge in [-0.05, 0) is 49.8 Å². The Balaban J connectivity index is 1.96. The second kappa shape index (κ2) is 9.94. The van der Waals surface area contributed by atoms with Gasteiger partial charge in [0, 0.05) is 12.1 Å². The molecule has 0 aliphatic carbocycles. The molecule has 0 spiro atoms. The Morgan fingerprint density at radius 1 is 1.13 bits per heavy atom. The molecule has 1 aliphatic rings. The molecule has 0 bridgehead atoms. The monoisotopic (exact) mass is 440 g/mol. The first-order valence-electron chi connectivity index (χ1n) is 9.49. The summed E-state index contributed by atoms with van der Waals surface area (Å²) in [7, 11) is 0. The highest BCUT2D eigenvalue weighted by Crippen LogP contribution is 2.40. The summed E-state index contributed by atoms with van der Waals surface area (Å²) in [5.74, 6) is -0.183. The van der Waals surface area contributed by atoms with Crippen LogP contribution in [0.5, 0.6) is 5.75 Å². The van der Waals surface area contributed by atoms with Gasteiger partial charge in [0.15, 0.2) is 0 Å². The molecule has 1 heterocycles. The highest BCUT2D eigenvalue weighted by molar-refractivity contribution is 8.18. The molecule has 0 saturated heterocycles. The zero-order valence-corrected chi connectivity index (χ0v) is 17.7. The van der Waals surface area contributed by atoms with Gasteiger partial charge in [-0.1, -0.05) is 23.9 Å². The van der Waals surface area contributed by atoms with E-state index in [9.17, 15) is 20.0 Å². The SMILES string of the molecule is CCOC(=O)C1=C(O)C(=Cc2ccc(OCC)cc2)SC1=Nc1ccc([N+](=O)[O-])cc1. The number of thioether (sulfide) groups is 1. The number of nitro benzene ring substituents is 1. The standard InChI is InChI=1S/C22H20N2O6S/c1-3-29-17-11-5-14(6-12-17)13-18-20(25)19(22(26)30-4-2)21(31-18)23-15-7-9-16(10-8-15)24(27)28/h5-13,25H,3-4H2,1-2H3. The van der Waals surface area contributed by atoms with Crippen molar-refractivity contribution >= 4 is 40.2 Å². The third-order valence-electron chi connectivity index (χ3n) is 4.15. The van der Waals surface area contributed by atoms with Gasteiger partial charge in [0.1, 0.15) is 22.1 Å². The first kappa shape index (κ1) is 22.1. The highest BCUT2D eigenvalue weighted by atomic mass is 32.2. The van der Waals surface area contributed by atoms with Gasteiger partial charge in [0.2, 0.25) is 0 Å². The summed E-state index contributed by atoms with van der Waals surface area (Å²) < 4.78 is 10.5. The molecule has 0 amide bonds. The minimum Gasteiger partial charge on any atom is -0.506 e. The molecule has 2 aromatic rings. The molecule has 8 nitrogen and oxygen atoms in total. The number of esters is 1. The molecule has 1 N–H and O–H groups in total. The van der Waals surface area contributed by atoms with Gasteiger partial charge in [-0.2, -0.15) is 0 Å². The van der Waals surface area contributed by atoms with Crippen molar-refractivity contribution in [2.45, 2.75) is 13.8 Å². The maximum atomic E-state index is 12.4. The lowest BCUT2D eigenvalue weighted by atomic mass is 10.1. The molecule has 0 unspecified atom stereocenters. The quantitative estimate of drug-likeness (QED) is 0.358. The summed E-state index contributed by atoms with van der Waals surface area (Å²) in [6, 6.07) is 12.9. The largest absolute Gasteiger partial charge is 0.506 e. The number of rotatable bonds is 7. The molecular formula is C22H20N2O6S. The van der Waals surface area contributed by atoms with E-state index in [-0.39, 0.29) is 28.7 Å². The van der Waals surface area contributed by atoms with Gasteiger partial charge in [0.25, 0.3) is 5.69 Å². The van der Waals surface area contributed by atoms with Crippen molar-refractivity contribution in [3.63, 3.8) is 0 Å². The van der Waals surface area contributed by atoms with E-state index in [0.29, 0.717) is 17.2 Å². The Morgan fingerprint density at radius 2 is 1.81 bits per heavy atom. The fraction of sp³-hybridized carbons (Fsp3) is 0.182. The fourth-order valence-electron chi connectivity index (χ4n) is 2.74. The summed E-state index contributed by atoms with van der Waals surface area (Å²) in [5.41, 5.74) is 1.10. The van der Waals surface area contributed by atoms with Crippen LogP contribution in [0.2, 0.25) is 0 Å². The van der Waals surface area contributed by atoms with E-state index in [0.717, 1.165) is 23.1 Å². The molecule has 0 atom stereocenters. The number of aliphatic hydroxyl groups excluding tert-OH is 1. The third-order valence-corrected chi connectivity index (χ3v) is 5.17. The van der Waals surface area contributed by atoms with Gasteiger partial charge >= 0.3 is 5.97 Å². The van der Waals surface area contributed by atoms with Crippen LogP contribution in [0.15, 0.2) is 69.8 Å². The molecular weight excluding hydrogens is 420 g/mol. The number of aliphatic hydroxyl groups is 1. The summed E-state index contributed by atoms with van der Waals surface area (Å²) in [4.78, 5) is 27.6. The zero-order chi connectivity index (χ0) is 22.4. The Bertz CT molecular complexity index is 1070. The van der Waals surface area contributed by atoms with Gasteiger partial charge < -0.3 is 14.6 Å². The molecule has 31 heavy (non-hydrogen) atoms. The van der Waals surface area contributed by atoms with Crippen LogP contribution >= 0.6 is 11.8 Å². The summed E-state index contributed by atoms with van der Waals surface area (Å²) in [6.45, 7) is 4.27. The van der Waals surface area contributed by atoms with Crippen LogP contribution in [0.25, 0.3) is 6.08 Å². The molecule has 0 radical (unpaired) electrons. The lowest BCUT2D eigenvalue weighted by Gasteiger charge is -2.03. The molecule has 9 heteroatoms. The topological polar surface area (TPSA) is 111 Å². The van der Waals surface area contributed by atoms with Crippen molar-refractivity contribution in [2.75, 3.05) is 13.2 Å². The average Bonchev–Trinajstić information content (AvgIpc) is 3.05. The van der Waals surface area contributed by atoms with Crippen molar-refractivity contribution in [1.29, 1.82) is 0 Å². The Hall–Kier alpha value is -3.59. The Labute approximate surface area is 183 Å². The average molecular weight is 440 g/mol. The van der Waals surface area contributed by atoms with Crippen LogP contribution in [-0.2, 0) is 9.53 Å². The number of non-ortho nitro benzene ring substituents is 1. The molecule has 160 valence electrons. The van der Waals surface area contributed by atoms with Crippen LogP contribution in [0, 0.1) is 10.1 Å². The zero-order valence-electron chi connectivity index (χ0n) is 16.9. The summed E-state index contributed by atoms with van der Waals surface area (Å²) in [5, 5.41) is 21.8. The maximum Gasteiger partial charge on any atom is 0.344 e. The second-order valence-electron chi connectivity index (χ2n) is 6.25. The predicted molar refractivity (Wildman–Crippen MR) is 120 cm³/mol. The van der Waals surface area contributed by atoms with Gasteiger partial charge in [0.05, 0.1) is 28.7 Å². The van der Waals surface area contributed by atoms with E-state index < -0.39 is 10.9 Å². The Morgan fingerprint density at radius 3 is 2.39 bits per heavy atom. The predicted octanol–water partition coefficient (Wildman–Crippen LogP) is 5.19. The van der Waals surface area contributed by atoms with E-state index in [1.807, 2.05) is 31.2 Å². The van der Waals surface area contributed by atoms with Crippen LogP contribution in [0.1, 0.15) is 19.4 Å². The van der Waals surface area contributed by atoms with Crippen molar-refractivity contribution in [3.05, 3.63) is 80.4 Å². The normalized spacial score (nSPS) is 16.1. The van der Waals surface area contributed by atoms with Gasteiger partial charge in [-0.25, -0.2) is 9.79 Å².